The molecule has 2 rings (SSSR count). The minimum atomic E-state index is -4.19. The van der Waals surface area contributed by atoms with Crippen LogP contribution in [0.1, 0.15) is 39.5 Å². The Morgan fingerprint density at radius 3 is 2.32 bits per heavy atom. The van der Waals surface area contributed by atoms with E-state index in [2.05, 4.69) is 15.6 Å². The van der Waals surface area contributed by atoms with Crippen LogP contribution >= 0.6 is 24.0 Å². The number of carbonyl (C=O) groups is 1. The molecule has 1 atom stereocenters. The maximum atomic E-state index is 12.9. The molecule has 0 radical (unpaired) electrons. The molecule has 0 bridgehead atoms. The Bertz CT molecular complexity index is 506. The fourth-order valence-electron chi connectivity index (χ4n) is 3.24. The molecule has 1 unspecified atom stereocenters. The molecule has 1 aliphatic heterocycles. The highest BCUT2D eigenvalue weighted by atomic mass is 127. The van der Waals surface area contributed by atoms with Gasteiger partial charge >= 0.3 is 6.18 Å². The Morgan fingerprint density at radius 2 is 1.82 bits per heavy atom. The maximum Gasteiger partial charge on any atom is 0.403 e. The zero-order valence-electron chi connectivity index (χ0n) is 16.7. The molecule has 164 valence electrons. The third-order valence-corrected chi connectivity index (χ3v) is 5.34. The number of nitrogens with one attached hydrogen (secondary N) is 2. The summed E-state index contributed by atoms with van der Waals surface area (Å²) in [5.41, 5.74) is 0. The standard InChI is InChI=1S/C18H32F3N5O.HI/c1-3-22-17(24-9-5-8-23-16(27)15-6-4-7-15)26-12-10-25(11-13-26)14(2)18(19,20)21;/h14-15H,3-13H2,1-2H3,(H,22,24)(H,23,27);1H. The minimum Gasteiger partial charge on any atom is -0.357 e. The number of rotatable bonds is 7. The second-order valence-corrected chi connectivity index (χ2v) is 7.25. The molecule has 6 nitrogen and oxygen atoms in total. The van der Waals surface area contributed by atoms with Gasteiger partial charge in [0.1, 0.15) is 6.04 Å². The molecule has 1 amide bonds. The van der Waals surface area contributed by atoms with Crippen molar-refractivity contribution in [1.29, 1.82) is 0 Å². The van der Waals surface area contributed by atoms with Crippen LogP contribution in [0.4, 0.5) is 13.2 Å². The minimum absolute atomic E-state index is 0. The highest BCUT2D eigenvalue weighted by Gasteiger charge is 2.41. The summed E-state index contributed by atoms with van der Waals surface area (Å²) in [6, 6.07) is -1.42. The average molecular weight is 519 g/mol. The number of alkyl halides is 3. The number of hydrogen-bond donors (Lipinski definition) is 2. The van der Waals surface area contributed by atoms with Gasteiger partial charge in [0, 0.05) is 51.7 Å². The molecule has 1 saturated carbocycles. The highest BCUT2D eigenvalue weighted by Crippen LogP contribution is 2.26. The average Bonchev–Trinajstić information content (AvgIpc) is 2.57. The van der Waals surface area contributed by atoms with Crippen LogP contribution in [0.2, 0.25) is 0 Å². The smallest absolute Gasteiger partial charge is 0.357 e. The Hall–Kier alpha value is -0.780. The van der Waals surface area contributed by atoms with Crippen molar-refractivity contribution in [3.63, 3.8) is 0 Å². The molecule has 10 heteroatoms. The summed E-state index contributed by atoms with van der Waals surface area (Å²) >= 11 is 0. The van der Waals surface area contributed by atoms with Gasteiger partial charge in [0.15, 0.2) is 5.96 Å². The summed E-state index contributed by atoms with van der Waals surface area (Å²) in [6.07, 6.45) is -0.312. The fourth-order valence-corrected chi connectivity index (χ4v) is 3.24. The van der Waals surface area contributed by atoms with Crippen LogP contribution in [-0.2, 0) is 4.79 Å². The van der Waals surface area contributed by atoms with Crippen molar-refractivity contribution < 1.29 is 18.0 Å². The first-order valence-electron chi connectivity index (χ1n) is 9.94. The van der Waals surface area contributed by atoms with Crippen LogP contribution in [0.5, 0.6) is 0 Å². The quantitative estimate of drug-likeness (QED) is 0.235. The van der Waals surface area contributed by atoms with E-state index in [1.54, 1.807) is 0 Å². The van der Waals surface area contributed by atoms with E-state index in [4.69, 9.17) is 0 Å². The molecule has 2 N–H and O–H groups in total. The van der Waals surface area contributed by atoms with Gasteiger partial charge in [0.05, 0.1) is 0 Å². The Kier molecular flexibility index (Phi) is 10.9. The van der Waals surface area contributed by atoms with Crippen molar-refractivity contribution in [2.24, 2.45) is 10.9 Å². The van der Waals surface area contributed by atoms with E-state index in [1.165, 1.54) is 11.8 Å². The molecule has 2 fully saturated rings. The molecule has 0 aromatic heterocycles. The van der Waals surface area contributed by atoms with Crippen molar-refractivity contribution in [2.45, 2.75) is 51.7 Å². The lowest BCUT2D eigenvalue weighted by molar-refractivity contribution is -0.181. The molecule has 2 aliphatic rings. The predicted octanol–water partition coefficient (Wildman–Crippen LogP) is 2.44. The van der Waals surface area contributed by atoms with Gasteiger partial charge in [-0.15, -0.1) is 24.0 Å². The summed E-state index contributed by atoms with van der Waals surface area (Å²) in [4.78, 5) is 19.8. The van der Waals surface area contributed by atoms with Gasteiger partial charge < -0.3 is 15.5 Å². The van der Waals surface area contributed by atoms with Gasteiger partial charge in [0.2, 0.25) is 5.91 Å². The summed E-state index contributed by atoms with van der Waals surface area (Å²) in [6.45, 7) is 6.83. The highest BCUT2D eigenvalue weighted by molar-refractivity contribution is 14.0. The Balaban J connectivity index is 0.00000392. The van der Waals surface area contributed by atoms with Crippen molar-refractivity contribution in [2.75, 3.05) is 45.8 Å². The molecule has 0 spiro atoms. The molecule has 0 aromatic rings. The van der Waals surface area contributed by atoms with E-state index in [1.807, 2.05) is 11.8 Å². The van der Waals surface area contributed by atoms with Crippen molar-refractivity contribution in [1.82, 2.24) is 20.4 Å². The van der Waals surface area contributed by atoms with Crippen LogP contribution < -0.4 is 10.6 Å². The molecule has 1 aliphatic carbocycles. The third-order valence-electron chi connectivity index (χ3n) is 5.34. The summed E-state index contributed by atoms with van der Waals surface area (Å²) < 4.78 is 38.6. The van der Waals surface area contributed by atoms with Gasteiger partial charge in [-0.05, 0) is 33.1 Å². The second-order valence-electron chi connectivity index (χ2n) is 7.25. The van der Waals surface area contributed by atoms with Gasteiger partial charge in [-0.25, -0.2) is 0 Å². The lowest BCUT2D eigenvalue weighted by Crippen LogP contribution is -2.56. The van der Waals surface area contributed by atoms with Crippen LogP contribution in [-0.4, -0.2) is 79.7 Å². The first kappa shape index (κ1) is 25.3. The zero-order chi connectivity index (χ0) is 19.9. The number of aliphatic imine (C=N–C) groups is 1. The Morgan fingerprint density at radius 1 is 1.18 bits per heavy atom. The van der Waals surface area contributed by atoms with E-state index in [9.17, 15) is 18.0 Å². The van der Waals surface area contributed by atoms with Crippen molar-refractivity contribution in [3.05, 3.63) is 0 Å². The SMILES string of the molecule is CCNC(=NCCCNC(=O)C1CCC1)N1CCN(C(C)C(F)(F)F)CC1.I. The van der Waals surface area contributed by atoms with E-state index in [0.717, 1.165) is 31.6 Å². The summed E-state index contributed by atoms with van der Waals surface area (Å²) in [5, 5.41) is 6.16. The van der Waals surface area contributed by atoms with Gasteiger partial charge in [0.25, 0.3) is 0 Å². The molecule has 1 saturated heterocycles. The van der Waals surface area contributed by atoms with Gasteiger partial charge in [-0.1, -0.05) is 6.42 Å². The van der Waals surface area contributed by atoms with E-state index < -0.39 is 12.2 Å². The summed E-state index contributed by atoms with van der Waals surface area (Å²) in [7, 11) is 0. The number of guanidine groups is 1. The normalized spacial score (nSPS) is 20.2. The molecular formula is C18H33F3IN5O. The predicted molar refractivity (Wildman–Crippen MR) is 115 cm³/mol. The lowest BCUT2D eigenvalue weighted by atomic mass is 9.85. The van der Waals surface area contributed by atoms with E-state index >= 15 is 0 Å². The first-order chi connectivity index (χ1) is 12.8. The first-order valence-corrected chi connectivity index (χ1v) is 9.94. The van der Waals surface area contributed by atoms with Gasteiger partial charge in [-0.3, -0.25) is 14.7 Å². The number of halogens is 4. The number of carbonyl (C=O) groups excluding carboxylic acids is 1. The zero-order valence-corrected chi connectivity index (χ0v) is 19.1. The van der Waals surface area contributed by atoms with Crippen molar-refractivity contribution >= 4 is 35.8 Å². The largest absolute Gasteiger partial charge is 0.403 e. The van der Waals surface area contributed by atoms with Crippen LogP contribution in [0.3, 0.4) is 0 Å². The molecule has 1 heterocycles. The third kappa shape index (κ3) is 7.57. The summed E-state index contributed by atoms with van der Waals surface area (Å²) in [5.74, 6) is 1.08. The topological polar surface area (TPSA) is 60.0 Å². The number of amides is 1. The molecule has 0 aromatic carbocycles. The monoisotopic (exact) mass is 519 g/mol. The van der Waals surface area contributed by atoms with Gasteiger partial charge in [-0.2, -0.15) is 13.2 Å². The lowest BCUT2D eigenvalue weighted by Gasteiger charge is -2.39. The maximum absolute atomic E-state index is 12.9. The Labute approximate surface area is 182 Å². The number of nitrogens with zero attached hydrogens (tertiary/aromatic N) is 3. The van der Waals surface area contributed by atoms with Crippen LogP contribution in [0.15, 0.2) is 4.99 Å². The van der Waals surface area contributed by atoms with Crippen LogP contribution in [0, 0.1) is 5.92 Å². The van der Waals surface area contributed by atoms with Crippen LogP contribution in [0.25, 0.3) is 0 Å². The van der Waals surface area contributed by atoms with E-state index in [0.29, 0.717) is 45.8 Å². The van der Waals surface area contributed by atoms with Crippen molar-refractivity contribution in [3.8, 4) is 0 Å². The van der Waals surface area contributed by atoms with E-state index in [-0.39, 0.29) is 35.8 Å². The number of hydrogen-bond acceptors (Lipinski definition) is 3. The molecular weight excluding hydrogens is 486 g/mol. The molecule has 28 heavy (non-hydrogen) atoms. The second kappa shape index (κ2) is 12.0. The number of piperazine rings is 1. The fraction of sp³-hybridized carbons (Fsp3) is 0.889.